The van der Waals surface area contributed by atoms with E-state index in [-0.39, 0.29) is 18.7 Å². The number of nitrogens with zero attached hydrogens (tertiary/aromatic N) is 1. The third kappa shape index (κ3) is 4.76. The lowest BCUT2D eigenvalue weighted by atomic mass is 10.2. The van der Waals surface area contributed by atoms with E-state index in [0.29, 0.717) is 10.6 Å². The number of nitrogens with one attached hydrogen (secondary N) is 1. The van der Waals surface area contributed by atoms with E-state index in [9.17, 15) is 18.4 Å². The predicted molar refractivity (Wildman–Crippen MR) is 86.6 cm³/mol. The fourth-order valence-corrected chi connectivity index (χ4v) is 2.21. The lowest BCUT2D eigenvalue weighted by molar-refractivity contribution is -0.129. The molecule has 0 aliphatic heterocycles. The fraction of sp³-hybridized carbons (Fsp3) is 0.176. The zero-order valence-electron chi connectivity index (χ0n) is 12.9. The lowest BCUT2D eigenvalue weighted by Gasteiger charge is -2.18. The predicted octanol–water partition coefficient (Wildman–Crippen LogP) is 3.01. The number of amides is 2. The number of hydrogen-bond donors (Lipinski definition) is 1. The molecular weight excluding hydrogens is 338 g/mol. The van der Waals surface area contributed by atoms with E-state index >= 15 is 0 Å². The van der Waals surface area contributed by atoms with Gasteiger partial charge < -0.3 is 10.2 Å². The molecule has 0 saturated heterocycles. The number of carbonyl (C=O) groups is 2. The van der Waals surface area contributed by atoms with Crippen LogP contribution in [0.3, 0.4) is 0 Å². The summed E-state index contributed by atoms with van der Waals surface area (Å²) in [6.07, 6.45) is 0. The SMILES string of the molecule is CN(Cc1ccc(F)cc1F)C(=O)CNC(=O)c1cccc(Cl)c1. The van der Waals surface area contributed by atoms with Crippen LogP contribution in [0.4, 0.5) is 8.78 Å². The Balaban J connectivity index is 1.90. The first-order chi connectivity index (χ1) is 11.4. The van der Waals surface area contributed by atoms with E-state index in [1.807, 2.05) is 0 Å². The molecule has 24 heavy (non-hydrogen) atoms. The van der Waals surface area contributed by atoms with E-state index in [2.05, 4.69) is 5.32 Å². The summed E-state index contributed by atoms with van der Waals surface area (Å²) in [5.74, 6) is -2.25. The number of benzene rings is 2. The average Bonchev–Trinajstić information content (AvgIpc) is 2.54. The van der Waals surface area contributed by atoms with Crippen LogP contribution in [0.15, 0.2) is 42.5 Å². The first-order valence-electron chi connectivity index (χ1n) is 7.08. The number of hydrogen-bond acceptors (Lipinski definition) is 2. The highest BCUT2D eigenvalue weighted by Gasteiger charge is 2.14. The molecule has 0 radical (unpaired) electrons. The van der Waals surface area contributed by atoms with Crippen molar-refractivity contribution in [1.29, 1.82) is 0 Å². The molecule has 0 spiro atoms. The summed E-state index contributed by atoms with van der Waals surface area (Å²) < 4.78 is 26.5. The molecule has 0 aliphatic carbocycles. The van der Waals surface area contributed by atoms with Gasteiger partial charge in [0.25, 0.3) is 5.91 Å². The third-order valence-electron chi connectivity index (χ3n) is 3.34. The Labute approximate surface area is 143 Å². The van der Waals surface area contributed by atoms with Crippen molar-refractivity contribution in [2.75, 3.05) is 13.6 Å². The second-order valence-electron chi connectivity index (χ2n) is 5.18. The maximum Gasteiger partial charge on any atom is 0.251 e. The van der Waals surface area contributed by atoms with E-state index in [0.717, 1.165) is 12.1 Å². The first kappa shape index (κ1) is 17.9. The smallest absolute Gasteiger partial charge is 0.251 e. The lowest BCUT2D eigenvalue weighted by Crippen LogP contribution is -2.38. The van der Waals surface area contributed by atoms with Crippen molar-refractivity contribution in [3.05, 3.63) is 70.2 Å². The maximum absolute atomic E-state index is 13.6. The van der Waals surface area contributed by atoms with Gasteiger partial charge in [0.2, 0.25) is 5.91 Å². The van der Waals surface area contributed by atoms with Crippen molar-refractivity contribution in [2.24, 2.45) is 0 Å². The third-order valence-corrected chi connectivity index (χ3v) is 3.57. The molecule has 0 saturated carbocycles. The molecule has 0 unspecified atom stereocenters. The van der Waals surface area contributed by atoms with Crippen molar-refractivity contribution < 1.29 is 18.4 Å². The van der Waals surface area contributed by atoms with Gasteiger partial charge in [0.05, 0.1) is 6.54 Å². The van der Waals surface area contributed by atoms with Gasteiger partial charge >= 0.3 is 0 Å². The van der Waals surface area contributed by atoms with Crippen LogP contribution in [0.2, 0.25) is 5.02 Å². The van der Waals surface area contributed by atoms with Gasteiger partial charge in [-0.2, -0.15) is 0 Å². The second kappa shape index (κ2) is 7.88. The quantitative estimate of drug-likeness (QED) is 0.899. The standard InChI is InChI=1S/C17H15ClF2N2O2/c1-22(10-12-5-6-14(19)8-15(12)20)16(23)9-21-17(24)11-3-2-4-13(18)7-11/h2-8H,9-10H2,1H3,(H,21,24). The summed E-state index contributed by atoms with van der Waals surface area (Å²) in [4.78, 5) is 25.2. The minimum atomic E-state index is -0.724. The summed E-state index contributed by atoms with van der Waals surface area (Å²) in [6, 6.07) is 9.48. The van der Waals surface area contributed by atoms with Crippen LogP contribution in [-0.2, 0) is 11.3 Å². The Morgan fingerprint density at radius 2 is 1.92 bits per heavy atom. The topological polar surface area (TPSA) is 49.4 Å². The van der Waals surface area contributed by atoms with Crippen LogP contribution in [0.1, 0.15) is 15.9 Å². The minimum absolute atomic E-state index is 0.0298. The second-order valence-corrected chi connectivity index (χ2v) is 5.61. The van der Waals surface area contributed by atoms with Crippen molar-refractivity contribution in [2.45, 2.75) is 6.54 Å². The van der Waals surface area contributed by atoms with Gasteiger partial charge in [-0.05, 0) is 24.3 Å². The minimum Gasteiger partial charge on any atom is -0.343 e. The van der Waals surface area contributed by atoms with Gasteiger partial charge in [-0.25, -0.2) is 8.78 Å². The Kier molecular flexibility index (Phi) is 5.87. The summed E-state index contributed by atoms with van der Waals surface area (Å²) in [7, 11) is 1.47. The van der Waals surface area contributed by atoms with Gasteiger partial charge in [-0.1, -0.05) is 23.7 Å². The summed E-state index contributed by atoms with van der Waals surface area (Å²) in [5.41, 5.74) is 0.524. The number of likely N-dealkylation sites (N-methyl/N-ethyl adjacent to an activating group) is 1. The highest BCUT2D eigenvalue weighted by molar-refractivity contribution is 6.30. The molecule has 0 bridgehead atoms. The van der Waals surface area contributed by atoms with Crippen molar-refractivity contribution in [3.8, 4) is 0 Å². The Bertz CT molecular complexity index is 768. The van der Waals surface area contributed by atoms with E-state index in [1.165, 1.54) is 24.1 Å². The Morgan fingerprint density at radius 1 is 1.17 bits per heavy atom. The molecular formula is C17H15ClF2N2O2. The van der Waals surface area contributed by atoms with Crippen LogP contribution < -0.4 is 5.32 Å². The molecule has 7 heteroatoms. The van der Waals surface area contributed by atoms with E-state index < -0.39 is 23.4 Å². The van der Waals surface area contributed by atoms with Gasteiger partial charge in [-0.15, -0.1) is 0 Å². The molecule has 2 amide bonds. The highest BCUT2D eigenvalue weighted by atomic mass is 35.5. The maximum atomic E-state index is 13.6. The fourth-order valence-electron chi connectivity index (χ4n) is 2.02. The molecule has 2 rings (SSSR count). The van der Waals surface area contributed by atoms with Crippen LogP contribution in [-0.4, -0.2) is 30.3 Å². The normalized spacial score (nSPS) is 10.3. The molecule has 126 valence electrons. The van der Waals surface area contributed by atoms with Gasteiger partial charge in [0, 0.05) is 35.8 Å². The first-order valence-corrected chi connectivity index (χ1v) is 7.46. The van der Waals surface area contributed by atoms with Crippen molar-refractivity contribution >= 4 is 23.4 Å². The summed E-state index contributed by atoms with van der Waals surface area (Å²) in [5, 5.41) is 2.89. The van der Waals surface area contributed by atoms with Crippen LogP contribution in [0.25, 0.3) is 0 Å². The van der Waals surface area contributed by atoms with E-state index in [1.54, 1.807) is 18.2 Å². The number of rotatable bonds is 5. The monoisotopic (exact) mass is 352 g/mol. The number of halogens is 3. The van der Waals surface area contributed by atoms with Crippen LogP contribution in [0, 0.1) is 11.6 Å². The van der Waals surface area contributed by atoms with Gasteiger partial charge in [-0.3, -0.25) is 9.59 Å². The molecule has 0 aliphatic rings. The molecule has 2 aromatic carbocycles. The largest absolute Gasteiger partial charge is 0.343 e. The zero-order valence-corrected chi connectivity index (χ0v) is 13.6. The van der Waals surface area contributed by atoms with Crippen LogP contribution in [0.5, 0.6) is 0 Å². The van der Waals surface area contributed by atoms with Crippen LogP contribution >= 0.6 is 11.6 Å². The number of carbonyl (C=O) groups excluding carboxylic acids is 2. The molecule has 0 fully saturated rings. The molecule has 4 nitrogen and oxygen atoms in total. The van der Waals surface area contributed by atoms with Crippen molar-refractivity contribution in [1.82, 2.24) is 10.2 Å². The highest BCUT2D eigenvalue weighted by Crippen LogP contribution is 2.12. The Morgan fingerprint density at radius 3 is 2.58 bits per heavy atom. The molecule has 0 heterocycles. The van der Waals surface area contributed by atoms with E-state index in [4.69, 9.17) is 11.6 Å². The summed E-state index contributed by atoms with van der Waals surface area (Å²) >= 11 is 5.80. The van der Waals surface area contributed by atoms with Crippen molar-refractivity contribution in [3.63, 3.8) is 0 Å². The molecule has 0 aromatic heterocycles. The Hall–Kier alpha value is -2.47. The molecule has 1 N–H and O–H groups in total. The average molecular weight is 353 g/mol. The summed E-state index contributed by atoms with van der Waals surface area (Å²) in [6.45, 7) is -0.275. The molecule has 2 aromatic rings. The van der Waals surface area contributed by atoms with Gasteiger partial charge in [0.15, 0.2) is 0 Å². The van der Waals surface area contributed by atoms with Gasteiger partial charge in [0.1, 0.15) is 11.6 Å². The molecule has 0 atom stereocenters. The zero-order chi connectivity index (χ0) is 17.7.